The number of hydrogen-bond donors (Lipinski definition) is 1. The standard InChI is InChI=1S/C14H26N4O/c1-5-7-9-18(10-8-6-2)14(19)15-13-11-12(3)17(4)16-13/h11H,5-10H2,1-4H3,(H,15,16,19). The number of hydrogen-bond acceptors (Lipinski definition) is 2. The Morgan fingerprint density at radius 2 is 1.89 bits per heavy atom. The third-order valence-electron chi connectivity index (χ3n) is 3.20. The van der Waals surface area contributed by atoms with Crippen LogP contribution in [0.15, 0.2) is 6.07 Å². The van der Waals surface area contributed by atoms with Gasteiger partial charge in [0.1, 0.15) is 0 Å². The van der Waals surface area contributed by atoms with E-state index in [1.54, 1.807) is 4.68 Å². The van der Waals surface area contributed by atoms with Crippen LogP contribution in [0.4, 0.5) is 10.6 Å². The SMILES string of the molecule is CCCCN(CCCC)C(=O)Nc1cc(C)n(C)n1. The van der Waals surface area contributed by atoms with E-state index in [-0.39, 0.29) is 6.03 Å². The van der Waals surface area contributed by atoms with Gasteiger partial charge in [0.25, 0.3) is 0 Å². The van der Waals surface area contributed by atoms with Crippen LogP contribution in [0.3, 0.4) is 0 Å². The second-order valence-electron chi connectivity index (χ2n) is 4.92. The van der Waals surface area contributed by atoms with Gasteiger partial charge < -0.3 is 4.90 Å². The molecular formula is C14H26N4O. The second-order valence-corrected chi connectivity index (χ2v) is 4.92. The van der Waals surface area contributed by atoms with Crippen molar-refractivity contribution >= 4 is 11.8 Å². The Bertz CT molecular complexity index is 373. The minimum atomic E-state index is -0.0417. The summed E-state index contributed by atoms with van der Waals surface area (Å²) >= 11 is 0. The number of carbonyl (C=O) groups excluding carboxylic acids is 1. The highest BCUT2D eigenvalue weighted by Crippen LogP contribution is 2.09. The monoisotopic (exact) mass is 266 g/mol. The molecule has 1 aromatic heterocycles. The number of amides is 2. The molecule has 0 unspecified atom stereocenters. The molecule has 0 aliphatic rings. The maximum Gasteiger partial charge on any atom is 0.323 e. The lowest BCUT2D eigenvalue weighted by molar-refractivity contribution is 0.209. The summed E-state index contributed by atoms with van der Waals surface area (Å²) in [4.78, 5) is 14.1. The van der Waals surface area contributed by atoms with Gasteiger partial charge in [0.15, 0.2) is 5.82 Å². The molecule has 1 N–H and O–H groups in total. The van der Waals surface area contributed by atoms with Gasteiger partial charge in [-0.15, -0.1) is 0 Å². The third-order valence-corrected chi connectivity index (χ3v) is 3.20. The molecule has 0 atom stereocenters. The van der Waals surface area contributed by atoms with E-state index in [2.05, 4.69) is 24.3 Å². The van der Waals surface area contributed by atoms with Crippen LogP contribution < -0.4 is 5.32 Å². The van der Waals surface area contributed by atoms with Crippen LogP contribution in [0.25, 0.3) is 0 Å². The van der Waals surface area contributed by atoms with E-state index in [1.807, 2.05) is 24.9 Å². The van der Waals surface area contributed by atoms with Crippen molar-refractivity contribution in [1.82, 2.24) is 14.7 Å². The molecule has 0 aliphatic carbocycles. The van der Waals surface area contributed by atoms with Crippen molar-refractivity contribution < 1.29 is 4.79 Å². The fourth-order valence-corrected chi connectivity index (χ4v) is 1.82. The quantitative estimate of drug-likeness (QED) is 0.824. The number of nitrogens with one attached hydrogen (secondary N) is 1. The maximum atomic E-state index is 12.2. The summed E-state index contributed by atoms with van der Waals surface area (Å²) in [5.74, 6) is 0.628. The highest BCUT2D eigenvalue weighted by molar-refractivity contribution is 5.88. The van der Waals surface area contributed by atoms with Gasteiger partial charge in [0, 0.05) is 31.9 Å². The molecular weight excluding hydrogens is 240 g/mol. The van der Waals surface area contributed by atoms with Crippen molar-refractivity contribution in [3.63, 3.8) is 0 Å². The van der Waals surface area contributed by atoms with Gasteiger partial charge in [-0.2, -0.15) is 5.10 Å². The van der Waals surface area contributed by atoms with Crippen LogP contribution in [0.5, 0.6) is 0 Å². The van der Waals surface area contributed by atoms with Gasteiger partial charge in [-0.3, -0.25) is 10.00 Å². The van der Waals surface area contributed by atoms with E-state index in [9.17, 15) is 4.79 Å². The molecule has 0 spiro atoms. The fourth-order valence-electron chi connectivity index (χ4n) is 1.82. The van der Waals surface area contributed by atoms with Crippen molar-refractivity contribution in [2.45, 2.75) is 46.5 Å². The summed E-state index contributed by atoms with van der Waals surface area (Å²) < 4.78 is 1.76. The molecule has 0 saturated carbocycles. The predicted molar refractivity (Wildman–Crippen MR) is 78.4 cm³/mol. The Kier molecular flexibility index (Phi) is 6.39. The lowest BCUT2D eigenvalue weighted by Gasteiger charge is -2.22. The van der Waals surface area contributed by atoms with Gasteiger partial charge in [-0.05, 0) is 19.8 Å². The molecule has 0 fully saturated rings. The van der Waals surface area contributed by atoms with Crippen molar-refractivity contribution in [3.05, 3.63) is 11.8 Å². The lowest BCUT2D eigenvalue weighted by atomic mass is 10.3. The number of urea groups is 1. The minimum Gasteiger partial charge on any atom is -0.325 e. The van der Waals surface area contributed by atoms with E-state index in [4.69, 9.17) is 0 Å². The largest absolute Gasteiger partial charge is 0.325 e. The molecule has 2 amide bonds. The molecule has 0 aliphatic heterocycles. The average Bonchev–Trinajstić information content (AvgIpc) is 2.68. The number of nitrogens with zero attached hydrogens (tertiary/aromatic N) is 3. The Morgan fingerprint density at radius 3 is 2.32 bits per heavy atom. The number of aromatic nitrogens is 2. The molecule has 0 bridgehead atoms. The highest BCUT2D eigenvalue weighted by atomic mass is 16.2. The zero-order valence-electron chi connectivity index (χ0n) is 12.6. The Labute approximate surface area is 116 Å². The molecule has 1 heterocycles. The van der Waals surface area contributed by atoms with Crippen molar-refractivity contribution in [2.75, 3.05) is 18.4 Å². The second kappa shape index (κ2) is 7.81. The Balaban J connectivity index is 2.59. The van der Waals surface area contributed by atoms with Gasteiger partial charge >= 0.3 is 6.03 Å². The summed E-state index contributed by atoms with van der Waals surface area (Å²) in [6.07, 6.45) is 4.27. The summed E-state index contributed by atoms with van der Waals surface area (Å²) in [6, 6.07) is 1.84. The first kappa shape index (κ1) is 15.5. The molecule has 1 rings (SSSR count). The molecule has 5 nitrogen and oxygen atoms in total. The topological polar surface area (TPSA) is 50.2 Å². The fraction of sp³-hybridized carbons (Fsp3) is 0.714. The number of unbranched alkanes of at least 4 members (excludes halogenated alkanes) is 2. The molecule has 0 radical (unpaired) electrons. The molecule has 0 aromatic carbocycles. The number of aryl methyl sites for hydroxylation is 2. The maximum absolute atomic E-state index is 12.2. The average molecular weight is 266 g/mol. The Hall–Kier alpha value is -1.52. The zero-order chi connectivity index (χ0) is 14.3. The van der Waals surface area contributed by atoms with Crippen LogP contribution in [0, 0.1) is 6.92 Å². The first-order valence-corrected chi connectivity index (χ1v) is 7.15. The molecule has 19 heavy (non-hydrogen) atoms. The van der Waals surface area contributed by atoms with Gasteiger partial charge in [0.05, 0.1) is 0 Å². The molecule has 0 saturated heterocycles. The van der Waals surface area contributed by atoms with Crippen molar-refractivity contribution in [3.8, 4) is 0 Å². The van der Waals surface area contributed by atoms with Crippen LogP contribution in [0.2, 0.25) is 0 Å². The van der Waals surface area contributed by atoms with Gasteiger partial charge in [0.2, 0.25) is 0 Å². The molecule has 108 valence electrons. The first-order chi connectivity index (χ1) is 9.08. The van der Waals surface area contributed by atoms with Crippen LogP contribution in [-0.4, -0.2) is 33.8 Å². The zero-order valence-corrected chi connectivity index (χ0v) is 12.6. The highest BCUT2D eigenvalue weighted by Gasteiger charge is 2.14. The van der Waals surface area contributed by atoms with Crippen LogP contribution in [-0.2, 0) is 7.05 Å². The lowest BCUT2D eigenvalue weighted by Crippen LogP contribution is -2.36. The summed E-state index contributed by atoms with van der Waals surface area (Å²) in [7, 11) is 1.87. The van der Waals surface area contributed by atoms with E-state index in [0.717, 1.165) is 44.5 Å². The van der Waals surface area contributed by atoms with E-state index in [0.29, 0.717) is 5.82 Å². The van der Waals surface area contributed by atoms with E-state index < -0.39 is 0 Å². The third kappa shape index (κ3) is 4.93. The normalized spacial score (nSPS) is 10.5. The number of anilines is 1. The first-order valence-electron chi connectivity index (χ1n) is 7.15. The van der Waals surface area contributed by atoms with Crippen LogP contribution in [0.1, 0.15) is 45.2 Å². The predicted octanol–water partition coefficient (Wildman–Crippen LogP) is 3.16. The molecule has 5 heteroatoms. The Morgan fingerprint density at radius 1 is 1.32 bits per heavy atom. The van der Waals surface area contributed by atoms with Gasteiger partial charge in [-0.1, -0.05) is 26.7 Å². The summed E-state index contributed by atoms with van der Waals surface area (Å²) in [5, 5.41) is 7.13. The number of carbonyl (C=O) groups is 1. The van der Waals surface area contributed by atoms with E-state index >= 15 is 0 Å². The smallest absolute Gasteiger partial charge is 0.323 e. The summed E-state index contributed by atoms with van der Waals surface area (Å²) in [6.45, 7) is 7.87. The molecule has 1 aromatic rings. The van der Waals surface area contributed by atoms with Gasteiger partial charge in [-0.25, -0.2) is 4.79 Å². The van der Waals surface area contributed by atoms with Crippen LogP contribution >= 0.6 is 0 Å². The minimum absolute atomic E-state index is 0.0417. The number of rotatable bonds is 7. The summed E-state index contributed by atoms with van der Waals surface area (Å²) in [5.41, 5.74) is 1.03. The van der Waals surface area contributed by atoms with Crippen molar-refractivity contribution in [2.24, 2.45) is 7.05 Å². The van der Waals surface area contributed by atoms with E-state index in [1.165, 1.54) is 0 Å². The van der Waals surface area contributed by atoms with Crippen molar-refractivity contribution in [1.29, 1.82) is 0 Å².